The van der Waals surface area contributed by atoms with Crippen molar-refractivity contribution in [1.82, 2.24) is 0 Å². The molecule has 0 rings (SSSR count). The standard InChI is InChI=1S/C70H134O6/c1-4-7-10-13-16-19-22-25-27-28-29-30-31-32-33-34-35-36-37-38-39-40-41-42-44-45-48-51-54-57-60-63-69(72)75-66-67(65-74-68(71)62-59-56-53-50-47-24-21-18-15-12-9-6-3)76-70(73)64-61-58-55-52-49-46-43-26-23-20-17-14-11-8-5-2/h18,21,67H,4-17,19-20,22-66H2,1-3H3/b21-18-. The Labute approximate surface area is 475 Å². The van der Waals surface area contributed by atoms with Gasteiger partial charge in [0, 0.05) is 19.3 Å². The summed E-state index contributed by atoms with van der Waals surface area (Å²) in [6.45, 7) is 6.69. The molecule has 0 aromatic rings. The Balaban J connectivity index is 4.06. The molecule has 0 aliphatic heterocycles. The van der Waals surface area contributed by atoms with Crippen LogP contribution in [0.15, 0.2) is 12.2 Å². The average molecular weight is 1070 g/mol. The highest BCUT2D eigenvalue weighted by molar-refractivity contribution is 5.71. The molecule has 76 heavy (non-hydrogen) atoms. The van der Waals surface area contributed by atoms with Crippen LogP contribution in [0.3, 0.4) is 0 Å². The second kappa shape index (κ2) is 65.7. The Kier molecular flexibility index (Phi) is 64.1. The summed E-state index contributed by atoms with van der Waals surface area (Å²) in [5.41, 5.74) is 0. The predicted molar refractivity (Wildman–Crippen MR) is 330 cm³/mol. The average Bonchev–Trinajstić information content (AvgIpc) is 3.42. The summed E-state index contributed by atoms with van der Waals surface area (Å²) in [6.07, 6.45) is 78.3. The molecule has 0 N–H and O–H groups in total. The van der Waals surface area contributed by atoms with Crippen molar-refractivity contribution in [1.29, 1.82) is 0 Å². The molecule has 0 fully saturated rings. The lowest BCUT2D eigenvalue weighted by molar-refractivity contribution is -0.167. The van der Waals surface area contributed by atoms with Crippen LogP contribution in [0, 0.1) is 0 Å². The lowest BCUT2D eigenvalue weighted by Gasteiger charge is -2.18. The Morgan fingerprint density at radius 3 is 0.684 bits per heavy atom. The van der Waals surface area contributed by atoms with E-state index in [0.29, 0.717) is 19.3 Å². The molecule has 0 spiro atoms. The van der Waals surface area contributed by atoms with E-state index in [1.807, 2.05) is 0 Å². The highest BCUT2D eigenvalue weighted by Crippen LogP contribution is 2.19. The minimum atomic E-state index is -0.768. The van der Waals surface area contributed by atoms with Gasteiger partial charge in [0.15, 0.2) is 6.10 Å². The van der Waals surface area contributed by atoms with Crippen molar-refractivity contribution in [2.24, 2.45) is 0 Å². The molecule has 0 aliphatic carbocycles. The highest BCUT2D eigenvalue weighted by atomic mass is 16.6. The van der Waals surface area contributed by atoms with E-state index in [-0.39, 0.29) is 31.1 Å². The number of unbranched alkanes of at least 4 members (excludes halogenated alkanes) is 52. The number of carbonyl (C=O) groups excluding carboxylic acids is 3. The molecule has 1 atom stereocenters. The largest absolute Gasteiger partial charge is 0.462 e. The minimum Gasteiger partial charge on any atom is -0.462 e. The van der Waals surface area contributed by atoms with Gasteiger partial charge in [0.05, 0.1) is 0 Å². The first-order valence-electron chi connectivity index (χ1n) is 34.7. The Bertz CT molecular complexity index is 1180. The van der Waals surface area contributed by atoms with Crippen molar-refractivity contribution in [2.45, 2.75) is 406 Å². The maximum Gasteiger partial charge on any atom is 0.306 e. The first kappa shape index (κ1) is 74.2. The fraction of sp³-hybridized carbons (Fsp3) is 0.929. The van der Waals surface area contributed by atoms with E-state index < -0.39 is 6.10 Å². The third-order valence-corrected chi connectivity index (χ3v) is 16.0. The summed E-state index contributed by atoms with van der Waals surface area (Å²) in [7, 11) is 0. The van der Waals surface area contributed by atoms with Crippen molar-refractivity contribution in [3.05, 3.63) is 12.2 Å². The molecule has 0 heterocycles. The number of rotatable bonds is 65. The molecule has 0 aromatic heterocycles. The van der Waals surface area contributed by atoms with Crippen molar-refractivity contribution >= 4 is 17.9 Å². The fourth-order valence-electron chi connectivity index (χ4n) is 10.8. The first-order chi connectivity index (χ1) is 37.5. The minimum absolute atomic E-state index is 0.0661. The number of esters is 3. The van der Waals surface area contributed by atoms with Gasteiger partial charge in [-0.3, -0.25) is 14.4 Å². The van der Waals surface area contributed by atoms with Gasteiger partial charge in [0.1, 0.15) is 13.2 Å². The van der Waals surface area contributed by atoms with E-state index in [2.05, 4.69) is 32.9 Å². The smallest absolute Gasteiger partial charge is 0.306 e. The van der Waals surface area contributed by atoms with Crippen molar-refractivity contribution in [3.8, 4) is 0 Å². The zero-order chi connectivity index (χ0) is 55.0. The maximum absolute atomic E-state index is 12.9. The molecule has 6 nitrogen and oxygen atoms in total. The van der Waals surface area contributed by atoms with Gasteiger partial charge >= 0.3 is 17.9 Å². The van der Waals surface area contributed by atoms with E-state index in [4.69, 9.17) is 14.2 Å². The molecule has 0 bridgehead atoms. The van der Waals surface area contributed by atoms with E-state index in [1.54, 1.807) is 0 Å². The Hall–Kier alpha value is -1.85. The molecule has 0 saturated heterocycles. The van der Waals surface area contributed by atoms with Gasteiger partial charge in [-0.2, -0.15) is 0 Å². The fourth-order valence-corrected chi connectivity index (χ4v) is 10.8. The van der Waals surface area contributed by atoms with Crippen LogP contribution < -0.4 is 0 Å². The van der Waals surface area contributed by atoms with Crippen LogP contribution in [0.5, 0.6) is 0 Å². The summed E-state index contributed by atoms with van der Waals surface area (Å²) in [6, 6.07) is 0. The van der Waals surface area contributed by atoms with E-state index in [9.17, 15) is 14.4 Å². The van der Waals surface area contributed by atoms with Crippen LogP contribution in [-0.2, 0) is 28.6 Å². The van der Waals surface area contributed by atoms with Gasteiger partial charge in [-0.05, 0) is 44.9 Å². The summed E-state index contributed by atoms with van der Waals surface area (Å²) in [4.78, 5) is 38.3. The first-order valence-corrected chi connectivity index (χ1v) is 34.7. The van der Waals surface area contributed by atoms with Crippen molar-refractivity contribution in [2.75, 3.05) is 13.2 Å². The molecule has 6 heteroatoms. The number of ether oxygens (including phenoxy) is 3. The highest BCUT2D eigenvalue weighted by Gasteiger charge is 2.19. The number of hydrogen-bond acceptors (Lipinski definition) is 6. The summed E-state index contributed by atoms with van der Waals surface area (Å²) >= 11 is 0. The van der Waals surface area contributed by atoms with Gasteiger partial charge in [-0.15, -0.1) is 0 Å². The third kappa shape index (κ3) is 63.0. The molecule has 450 valence electrons. The second-order valence-corrected chi connectivity index (χ2v) is 23.8. The van der Waals surface area contributed by atoms with Gasteiger partial charge in [-0.1, -0.05) is 348 Å². The van der Waals surface area contributed by atoms with Crippen molar-refractivity contribution < 1.29 is 28.6 Å². The number of carbonyl (C=O) groups is 3. The van der Waals surface area contributed by atoms with Crippen LogP contribution in [-0.4, -0.2) is 37.2 Å². The Morgan fingerprint density at radius 1 is 0.250 bits per heavy atom. The monoisotopic (exact) mass is 1070 g/mol. The number of allylic oxidation sites excluding steroid dienone is 2. The Morgan fingerprint density at radius 2 is 0.434 bits per heavy atom. The zero-order valence-electron chi connectivity index (χ0n) is 51.8. The van der Waals surface area contributed by atoms with E-state index >= 15 is 0 Å². The number of hydrogen-bond donors (Lipinski definition) is 0. The molecule has 0 aromatic carbocycles. The van der Waals surface area contributed by atoms with Gasteiger partial charge in [0.2, 0.25) is 0 Å². The van der Waals surface area contributed by atoms with E-state index in [0.717, 1.165) is 64.2 Å². The van der Waals surface area contributed by atoms with Crippen LogP contribution in [0.25, 0.3) is 0 Å². The zero-order valence-corrected chi connectivity index (χ0v) is 51.8. The van der Waals surface area contributed by atoms with Gasteiger partial charge in [0.25, 0.3) is 0 Å². The van der Waals surface area contributed by atoms with Crippen LogP contribution >= 0.6 is 0 Å². The summed E-state index contributed by atoms with van der Waals surface area (Å²) in [5.74, 6) is -0.845. The molecule has 0 aliphatic rings. The maximum atomic E-state index is 12.9. The summed E-state index contributed by atoms with van der Waals surface area (Å²) in [5, 5.41) is 0. The molecular weight excluding hydrogens is 937 g/mol. The second-order valence-electron chi connectivity index (χ2n) is 23.8. The summed E-state index contributed by atoms with van der Waals surface area (Å²) < 4.78 is 16.9. The topological polar surface area (TPSA) is 78.9 Å². The molecule has 0 radical (unpaired) electrons. The SMILES string of the molecule is CCCCC/C=C\CCCCCCCC(=O)OCC(COC(=O)CCCCCCCCCCCCCCCCCCCCCCCCCCCCCCCCC)OC(=O)CCCCCCCCCCCCCCCCC. The lowest BCUT2D eigenvalue weighted by atomic mass is 10.0. The van der Waals surface area contributed by atoms with Gasteiger partial charge in [-0.25, -0.2) is 0 Å². The third-order valence-electron chi connectivity index (χ3n) is 16.0. The van der Waals surface area contributed by atoms with Crippen LogP contribution in [0.4, 0.5) is 0 Å². The molecule has 0 saturated carbocycles. The van der Waals surface area contributed by atoms with Crippen LogP contribution in [0.2, 0.25) is 0 Å². The quantitative estimate of drug-likeness (QED) is 0.0261. The van der Waals surface area contributed by atoms with Crippen LogP contribution in [0.1, 0.15) is 400 Å². The molecular formula is C70H134O6. The normalized spacial score (nSPS) is 12.0. The van der Waals surface area contributed by atoms with Gasteiger partial charge < -0.3 is 14.2 Å². The molecule has 1 unspecified atom stereocenters. The van der Waals surface area contributed by atoms with Crippen molar-refractivity contribution in [3.63, 3.8) is 0 Å². The predicted octanol–water partition coefficient (Wildman–Crippen LogP) is 23.6. The molecule has 0 amide bonds. The van der Waals surface area contributed by atoms with E-state index in [1.165, 1.54) is 295 Å². The lowest BCUT2D eigenvalue weighted by Crippen LogP contribution is -2.30.